The first kappa shape index (κ1) is 16.4. The Balaban J connectivity index is 3.10. The molecule has 0 heterocycles. The molecule has 0 aromatic heterocycles. The second kappa shape index (κ2) is 11.9. The molecule has 0 aliphatic rings. The molecule has 0 aromatic carbocycles. The highest BCUT2D eigenvalue weighted by atomic mass is 16.1. The van der Waals surface area contributed by atoms with Gasteiger partial charge in [0.1, 0.15) is 0 Å². The Kier molecular flexibility index (Phi) is 11.5. The Labute approximate surface area is 107 Å². The van der Waals surface area contributed by atoms with Gasteiger partial charge in [0.2, 0.25) is 5.91 Å². The third-order valence-corrected chi connectivity index (χ3v) is 2.69. The highest BCUT2D eigenvalue weighted by Gasteiger charge is 2.01. The van der Waals surface area contributed by atoms with Crippen molar-refractivity contribution in [2.45, 2.75) is 71.8 Å². The van der Waals surface area contributed by atoms with E-state index in [0.29, 0.717) is 6.54 Å². The van der Waals surface area contributed by atoms with Gasteiger partial charge < -0.3 is 10.6 Å². The highest BCUT2D eigenvalue weighted by Crippen LogP contribution is 2.06. The van der Waals surface area contributed by atoms with Gasteiger partial charge in [-0.25, -0.2) is 0 Å². The summed E-state index contributed by atoms with van der Waals surface area (Å²) in [4.78, 5) is 11.3. The number of unbranched alkanes of at least 4 members (excludes halogenated alkanes) is 6. The number of carbonyl (C=O) groups excluding carboxylic acids is 1. The Morgan fingerprint density at radius 2 is 1.59 bits per heavy atom. The molecule has 0 atom stereocenters. The first-order chi connectivity index (χ1) is 8.16. The molecule has 17 heavy (non-hydrogen) atoms. The van der Waals surface area contributed by atoms with E-state index in [1.165, 1.54) is 44.9 Å². The maximum absolute atomic E-state index is 11.3. The van der Waals surface area contributed by atoms with Crippen LogP contribution in [0.5, 0.6) is 0 Å². The number of carbonyl (C=O) groups is 1. The van der Waals surface area contributed by atoms with Crippen LogP contribution in [0.3, 0.4) is 0 Å². The summed E-state index contributed by atoms with van der Waals surface area (Å²) in [5.41, 5.74) is 0. The maximum atomic E-state index is 11.3. The average molecular weight is 242 g/mol. The van der Waals surface area contributed by atoms with Crippen LogP contribution in [-0.4, -0.2) is 25.0 Å². The molecule has 0 saturated carbocycles. The van der Waals surface area contributed by atoms with Gasteiger partial charge in [0, 0.05) is 6.04 Å². The Morgan fingerprint density at radius 1 is 1.00 bits per heavy atom. The van der Waals surface area contributed by atoms with Crippen LogP contribution in [-0.2, 0) is 4.79 Å². The Morgan fingerprint density at radius 3 is 2.18 bits per heavy atom. The number of hydrogen-bond donors (Lipinski definition) is 2. The minimum absolute atomic E-state index is 0.0999. The van der Waals surface area contributed by atoms with Crippen molar-refractivity contribution in [3.8, 4) is 0 Å². The normalized spacial score (nSPS) is 10.8. The summed E-state index contributed by atoms with van der Waals surface area (Å²) in [6.07, 6.45) is 9.21. The van der Waals surface area contributed by atoms with E-state index in [-0.39, 0.29) is 11.9 Å². The zero-order valence-corrected chi connectivity index (χ0v) is 11.8. The van der Waals surface area contributed by atoms with Crippen molar-refractivity contribution in [1.29, 1.82) is 0 Å². The smallest absolute Gasteiger partial charge is 0.234 e. The number of nitrogens with one attached hydrogen (secondary N) is 2. The van der Waals surface area contributed by atoms with E-state index < -0.39 is 0 Å². The predicted molar refractivity (Wildman–Crippen MR) is 74.1 cm³/mol. The molecule has 0 unspecified atom stereocenters. The fourth-order valence-electron chi connectivity index (χ4n) is 1.78. The molecule has 0 spiro atoms. The fourth-order valence-corrected chi connectivity index (χ4v) is 1.78. The first-order valence-corrected chi connectivity index (χ1v) is 7.17. The van der Waals surface area contributed by atoms with Crippen molar-refractivity contribution < 1.29 is 4.79 Å². The predicted octanol–water partition coefficient (Wildman–Crippen LogP) is 2.85. The fraction of sp³-hybridized carbons (Fsp3) is 0.929. The lowest BCUT2D eigenvalue weighted by molar-refractivity contribution is -0.120. The van der Waals surface area contributed by atoms with Gasteiger partial charge in [0.25, 0.3) is 0 Å². The molecule has 0 saturated heterocycles. The van der Waals surface area contributed by atoms with Gasteiger partial charge in [-0.05, 0) is 26.8 Å². The quantitative estimate of drug-likeness (QED) is 0.547. The third-order valence-electron chi connectivity index (χ3n) is 2.69. The van der Waals surface area contributed by atoms with E-state index in [2.05, 4.69) is 17.6 Å². The topological polar surface area (TPSA) is 41.1 Å². The van der Waals surface area contributed by atoms with Crippen LogP contribution in [0.1, 0.15) is 65.7 Å². The standard InChI is InChI=1S/C14H30N2O/c1-4-5-6-7-8-9-10-11-15-12-14(17)16-13(2)3/h13,15H,4-12H2,1-3H3,(H,16,17). The van der Waals surface area contributed by atoms with Gasteiger partial charge >= 0.3 is 0 Å². The van der Waals surface area contributed by atoms with Crippen LogP contribution in [0, 0.1) is 0 Å². The van der Waals surface area contributed by atoms with Crippen molar-refractivity contribution >= 4 is 5.91 Å². The van der Waals surface area contributed by atoms with E-state index in [0.717, 1.165) is 6.54 Å². The minimum Gasteiger partial charge on any atom is -0.353 e. The molecule has 0 aromatic rings. The molecule has 3 nitrogen and oxygen atoms in total. The monoisotopic (exact) mass is 242 g/mol. The van der Waals surface area contributed by atoms with E-state index >= 15 is 0 Å². The molecule has 0 fully saturated rings. The molecule has 0 radical (unpaired) electrons. The van der Waals surface area contributed by atoms with Crippen LogP contribution >= 0.6 is 0 Å². The van der Waals surface area contributed by atoms with Crippen molar-refractivity contribution in [1.82, 2.24) is 10.6 Å². The largest absolute Gasteiger partial charge is 0.353 e. The summed E-state index contributed by atoms with van der Waals surface area (Å²) < 4.78 is 0. The minimum atomic E-state index is 0.0999. The molecule has 0 aliphatic heterocycles. The van der Waals surface area contributed by atoms with Crippen molar-refractivity contribution in [2.24, 2.45) is 0 Å². The average Bonchev–Trinajstić information content (AvgIpc) is 2.26. The Bertz CT molecular complexity index is 181. The summed E-state index contributed by atoms with van der Waals surface area (Å²) in [6, 6.07) is 0.239. The van der Waals surface area contributed by atoms with Crippen molar-refractivity contribution in [2.75, 3.05) is 13.1 Å². The summed E-state index contributed by atoms with van der Waals surface area (Å²) in [6.45, 7) is 7.61. The van der Waals surface area contributed by atoms with E-state index in [1.54, 1.807) is 0 Å². The first-order valence-electron chi connectivity index (χ1n) is 7.17. The lowest BCUT2D eigenvalue weighted by atomic mass is 10.1. The summed E-state index contributed by atoms with van der Waals surface area (Å²) in [5, 5.41) is 6.05. The zero-order valence-electron chi connectivity index (χ0n) is 11.8. The molecular formula is C14H30N2O. The van der Waals surface area contributed by atoms with E-state index in [9.17, 15) is 4.79 Å². The van der Waals surface area contributed by atoms with Crippen LogP contribution in [0.15, 0.2) is 0 Å². The highest BCUT2D eigenvalue weighted by molar-refractivity contribution is 5.78. The third kappa shape index (κ3) is 13.4. The molecule has 102 valence electrons. The molecule has 0 aliphatic carbocycles. The van der Waals surface area contributed by atoms with Gasteiger partial charge in [-0.2, -0.15) is 0 Å². The zero-order chi connectivity index (χ0) is 12.9. The second-order valence-electron chi connectivity index (χ2n) is 5.02. The van der Waals surface area contributed by atoms with E-state index in [4.69, 9.17) is 0 Å². The van der Waals surface area contributed by atoms with Crippen LogP contribution in [0.4, 0.5) is 0 Å². The van der Waals surface area contributed by atoms with Gasteiger partial charge in [0.15, 0.2) is 0 Å². The van der Waals surface area contributed by atoms with Gasteiger partial charge in [0.05, 0.1) is 6.54 Å². The van der Waals surface area contributed by atoms with Gasteiger partial charge in [-0.1, -0.05) is 45.4 Å². The lowest BCUT2D eigenvalue weighted by Crippen LogP contribution is -2.37. The molecule has 1 amide bonds. The Hall–Kier alpha value is -0.570. The number of hydrogen-bond acceptors (Lipinski definition) is 2. The summed E-state index contributed by atoms with van der Waals surface area (Å²) in [7, 11) is 0. The molecule has 3 heteroatoms. The van der Waals surface area contributed by atoms with Crippen LogP contribution in [0.25, 0.3) is 0 Å². The summed E-state index contributed by atoms with van der Waals surface area (Å²) >= 11 is 0. The van der Waals surface area contributed by atoms with Crippen LogP contribution in [0.2, 0.25) is 0 Å². The van der Waals surface area contributed by atoms with Gasteiger partial charge in [-0.15, -0.1) is 0 Å². The molecule has 2 N–H and O–H groups in total. The second-order valence-corrected chi connectivity index (χ2v) is 5.02. The van der Waals surface area contributed by atoms with Crippen molar-refractivity contribution in [3.63, 3.8) is 0 Å². The number of rotatable bonds is 11. The lowest BCUT2D eigenvalue weighted by Gasteiger charge is -2.09. The SMILES string of the molecule is CCCCCCCCCNCC(=O)NC(C)C. The number of amides is 1. The molecule has 0 rings (SSSR count). The van der Waals surface area contributed by atoms with Gasteiger partial charge in [-0.3, -0.25) is 4.79 Å². The molecular weight excluding hydrogens is 212 g/mol. The summed E-state index contributed by atoms with van der Waals surface area (Å²) in [5.74, 6) is 0.0999. The molecule has 0 bridgehead atoms. The van der Waals surface area contributed by atoms with E-state index in [1.807, 2.05) is 13.8 Å². The maximum Gasteiger partial charge on any atom is 0.234 e. The van der Waals surface area contributed by atoms with Crippen molar-refractivity contribution in [3.05, 3.63) is 0 Å². The van der Waals surface area contributed by atoms with Crippen LogP contribution < -0.4 is 10.6 Å².